The zero-order valence-corrected chi connectivity index (χ0v) is 11.9. The van der Waals surface area contributed by atoms with Crippen LogP contribution in [0.4, 0.5) is 0 Å². The van der Waals surface area contributed by atoms with Crippen molar-refractivity contribution in [2.24, 2.45) is 0 Å². The third kappa shape index (κ3) is 5.55. The number of rotatable bonds is 6. The minimum absolute atomic E-state index is 0.0128. The molecule has 0 fully saturated rings. The summed E-state index contributed by atoms with van der Waals surface area (Å²) in [6.07, 6.45) is 0.470. The molecular formula is C15H22N2O2. The zero-order chi connectivity index (χ0) is 14.3. The smallest absolute Gasteiger partial charge is 0.219 e. The van der Waals surface area contributed by atoms with Crippen molar-refractivity contribution < 1.29 is 9.59 Å². The van der Waals surface area contributed by atoms with Crippen molar-refractivity contribution in [2.75, 3.05) is 13.1 Å². The van der Waals surface area contributed by atoms with Crippen LogP contribution in [-0.4, -0.2) is 29.8 Å². The van der Waals surface area contributed by atoms with Crippen LogP contribution in [0.3, 0.4) is 0 Å². The maximum atomic E-state index is 11.6. The summed E-state index contributed by atoms with van der Waals surface area (Å²) in [5.41, 5.74) is 2.30. The molecule has 0 bridgehead atoms. The summed E-state index contributed by atoms with van der Waals surface area (Å²) in [4.78, 5) is 24.5. The summed E-state index contributed by atoms with van der Waals surface area (Å²) in [7, 11) is 0. The molecule has 0 radical (unpaired) electrons. The van der Waals surface area contributed by atoms with E-state index < -0.39 is 0 Å². The summed E-state index contributed by atoms with van der Waals surface area (Å²) in [6.45, 7) is 7.01. The fourth-order valence-electron chi connectivity index (χ4n) is 1.72. The van der Waals surface area contributed by atoms with Crippen molar-refractivity contribution in [2.45, 2.75) is 33.7 Å². The van der Waals surface area contributed by atoms with Crippen LogP contribution in [0, 0.1) is 6.92 Å². The molecule has 0 spiro atoms. The normalized spacial score (nSPS) is 10.1. The Balaban J connectivity index is 2.51. The van der Waals surface area contributed by atoms with E-state index in [-0.39, 0.29) is 11.8 Å². The van der Waals surface area contributed by atoms with E-state index in [1.54, 1.807) is 11.8 Å². The number of hydrogen-bond acceptors (Lipinski definition) is 2. The molecular weight excluding hydrogens is 240 g/mol. The van der Waals surface area contributed by atoms with Crippen LogP contribution in [0.1, 0.15) is 31.4 Å². The minimum Gasteiger partial charge on any atom is -0.354 e. The third-order valence-electron chi connectivity index (χ3n) is 2.96. The standard InChI is InChI=1S/C15H22N2O2/c1-4-15(19)16-9-10-17(13(3)18)11-14-7-5-12(2)6-8-14/h5-8H,4,9-11H2,1-3H3,(H,16,19). The van der Waals surface area contributed by atoms with Crippen molar-refractivity contribution in [1.29, 1.82) is 0 Å². The average molecular weight is 262 g/mol. The van der Waals surface area contributed by atoms with Crippen molar-refractivity contribution in [3.8, 4) is 0 Å². The van der Waals surface area contributed by atoms with Gasteiger partial charge in [-0.25, -0.2) is 0 Å². The Morgan fingerprint density at radius 2 is 1.84 bits per heavy atom. The average Bonchev–Trinajstić information content (AvgIpc) is 2.39. The van der Waals surface area contributed by atoms with Crippen molar-refractivity contribution in [3.63, 3.8) is 0 Å². The van der Waals surface area contributed by atoms with E-state index in [9.17, 15) is 9.59 Å². The Morgan fingerprint density at radius 1 is 1.21 bits per heavy atom. The van der Waals surface area contributed by atoms with E-state index in [0.717, 1.165) is 5.56 Å². The fraction of sp³-hybridized carbons (Fsp3) is 0.467. The van der Waals surface area contributed by atoms with Crippen molar-refractivity contribution in [1.82, 2.24) is 10.2 Å². The molecule has 0 saturated carbocycles. The summed E-state index contributed by atoms with van der Waals surface area (Å²) in [6, 6.07) is 8.12. The quantitative estimate of drug-likeness (QED) is 0.851. The van der Waals surface area contributed by atoms with Gasteiger partial charge in [-0.3, -0.25) is 9.59 Å². The van der Waals surface area contributed by atoms with Gasteiger partial charge in [0.05, 0.1) is 0 Å². The highest BCUT2D eigenvalue weighted by atomic mass is 16.2. The molecule has 1 aromatic carbocycles. The Morgan fingerprint density at radius 3 is 2.37 bits per heavy atom. The van der Waals surface area contributed by atoms with E-state index in [2.05, 4.69) is 5.32 Å². The number of hydrogen-bond donors (Lipinski definition) is 1. The molecule has 4 nitrogen and oxygen atoms in total. The molecule has 1 rings (SSSR count). The maximum Gasteiger partial charge on any atom is 0.219 e. The van der Waals surface area contributed by atoms with Crippen molar-refractivity contribution in [3.05, 3.63) is 35.4 Å². The van der Waals surface area contributed by atoms with Gasteiger partial charge in [0.15, 0.2) is 0 Å². The highest BCUT2D eigenvalue weighted by Crippen LogP contribution is 2.07. The molecule has 1 aromatic rings. The van der Waals surface area contributed by atoms with Gasteiger partial charge in [0.25, 0.3) is 0 Å². The first-order valence-corrected chi connectivity index (χ1v) is 6.60. The van der Waals surface area contributed by atoms with E-state index in [0.29, 0.717) is 26.1 Å². The van der Waals surface area contributed by atoms with Gasteiger partial charge in [0, 0.05) is 33.0 Å². The number of aryl methyl sites for hydroxylation is 1. The molecule has 0 aliphatic rings. The van der Waals surface area contributed by atoms with Gasteiger partial charge in [-0.15, -0.1) is 0 Å². The molecule has 0 aromatic heterocycles. The van der Waals surface area contributed by atoms with Gasteiger partial charge in [-0.2, -0.15) is 0 Å². The van der Waals surface area contributed by atoms with Crippen LogP contribution in [0.15, 0.2) is 24.3 Å². The lowest BCUT2D eigenvalue weighted by atomic mass is 10.1. The number of nitrogens with one attached hydrogen (secondary N) is 1. The van der Waals surface area contributed by atoms with Gasteiger partial charge in [0.2, 0.25) is 11.8 Å². The first-order valence-electron chi connectivity index (χ1n) is 6.60. The summed E-state index contributed by atoms with van der Waals surface area (Å²) < 4.78 is 0. The number of amides is 2. The van der Waals surface area contributed by atoms with E-state index in [4.69, 9.17) is 0 Å². The van der Waals surface area contributed by atoms with E-state index >= 15 is 0 Å². The van der Waals surface area contributed by atoms with Crippen LogP contribution in [0.5, 0.6) is 0 Å². The van der Waals surface area contributed by atoms with Gasteiger partial charge in [-0.1, -0.05) is 36.8 Å². The van der Waals surface area contributed by atoms with Crippen LogP contribution in [-0.2, 0) is 16.1 Å². The van der Waals surface area contributed by atoms with Crippen LogP contribution >= 0.6 is 0 Å². The van der Waals surface area contributed by atoms with Gasteiger partial charge < -0.3 is 10.2 Å². The zero-order valence-electron chi connectivity index (χ0n) is 11.9. The summed E-state index contributed by atoms with van der Waals surface area (Å²) in [5.74, 6) is 0.0326. The lowest BCUT2D eigenvalue weighted by Crippen LogP contribution is -2.36. The predicted octanol–water partition coefficient (Wildman–Crippen LogP) is 1.87. The lowest BCUT2D eigenvalue weighted by molar-refractivity contribution is -0.130. The molecule has 0 heterocycles. The summed E-state index contributed by atoms with van der Waals surface area (Å²) in [5, 5.41) is 2.78. The Labute approximate surface area is 114 Å². The molecule has 0 aliphatic heterocycles. The second-order valence-electron chi connectivity index (χ2n) is 4.63. The Kier molecular flexibility index (Phi) is 6.06. The van der Waals surface area contributed by atoms with E-state index in [1.165, 1.54) is 5.56 Å². The van der Waals surface area contributed by atoms with Gasteiger partial charge in [0.1, 0.15) is 0 Å². The predicted molar refractivity (Wildman–Crippen MR) is 75.6 cm³/mol. The van der Waals surface area contributed by atoms with Crippen LogP contribution in [0.25, 0.3) is 0 Å². The molecule has 2 amide bonds. The maximum absolute atomic E-state index is 11.6. The minimum atomic E-state index is 0.0128. The molecule has 104 valence electrons. The Bertz CT molecular complexity index is 426. The largest absolute Gasteiger partial charge is 0.354 e. The fourth-order valence-corrected chi connectivity index (χ4v) is 1.72. The monoisotopic (exact) mass is 262 g/mol. The van der Waals surface area contributed by atoms with Crippen LogP contribution in [0.2, 0.25) is 0 Å². The second-order valence-corrected chi connectivity index (χ2v) is 4.63. The Hall–Kier alpha value is -1.84. The number of nitrogens with zero attached hydrogens (tertiary/aromatic N) is 1. The first-order chi connectivity index (χ1) is 9.02. The molecule has 0 saturated heterocycles. The van der Waals surface area contributed by atoms with Gasteiger partial charge in [-0.05, 0) is 12.5 Å². The molecule has 1 N–H and O–H groups in total. The summed E-state index contributed by atoms with van der Waals surface area (Å²) >= 11 is 0. The molecule has 0 aliphatic carbocycles. The molecule has 0 atom stereocenters. The molecule has 19 heavy (non-hydrogen) atoms. The van der Waals surface area contributed by atoms with Crippen LogP contribution < -0.4 is 5.32 Å². The van der Waals surface area contributed by atoms with E-state index in [1.807, 2.05) is 38.1 Å². The SMILES string of the molecule is CCC(=O)NCCN(Cc1ccc(C)cc1)C(C)=O. The van der Waals surface area contributed by atoms with Gasteiger partial charge >= 0.3 is 0 Å². The topological polar surface area (TPSA) is 49.4 Å². The molecule has 4 heteroatoms. The highest BCUT2D eigenvalue weighted by molar-refractivity contribution is 5.76. The third-order valence-corrected chi connectivity index (χ3v) is 2.96. The number of carbonyl (C=O) groups excluding carboxylic acids is 2. The molecule has 0 unspecified atom stereocenters. The number of carbonyl (C=O) groups is 2. The van der Waals surface area contributed by atoms with Crippen molar-refractivity contribution >= 4 is 11.8 Å². The second kappa shape index (κ2) is 7.56. The first kappa shape index (κ1) is 15.2. The number of benzene rings is 1. The highest BCUT2D eigenvalue weighted by Gasteiger charge is 2.09. The lowest BCUT2D eigenvalue weighted by Gasteiger charge is -2.21.